The number of nitrogens with zero attached hydrogens (tertiary/aromatic N) is 1. The molecule has 1 amide bonds. The fourth-order valence-corrected chi connectivity index (χ4v) is 3.86. The maximum atomic E-state index is 13.2. The van der Waals surface area contributed by atoms with E-state index < -0.39 is 0 Å². The maximum Gasteiger partial charge on any atom is 0.231 e. The second-order valence-corrected chi connectivity index (χ2v) is 6.74. The van der Waals surface area contributed by atoms with Crippen molar-refractivity contribution < 1.29 is 9.53 Å². The molecule has 4 heteroatoms. The number of hydrogen-bond acceptors (Lipinski definition) is 3. The smallest absolute Gasteiger partial charge is 0.231 e. The summed E-state index contributed by atoms with van der Waals surface area (Å²) in [5, 5.41) is 3.38. The van der Waals surface area contributed by atoms with Crippen LogP contribution in [0.3, 0.4) is 0 Å². The summed E-state index contributed by atoms with van der Waals surface area (Å²) >= 11 is 0. The lowest BCUT2D eigenvalue weighted by molar-refractivity contribution is -0.123. The Labute approximate surface area is 139 Å². The zero-order valence-corrected chi connectivity index (χ0v) is 14.1. The summed E-state index contributed by atoms with van der Waals surface area (Å²) in [6, 6.07) is 8.32. The lowest BCUT2D eigenvalue weighted by Crippen LogP contribution is -2.48. The molecular formula is C19H28N2O2. The Bertz CT molecular complexity index is 503. The molecule has 3 rings (SSSR count). The first-order valence-corrected chi connectivity index (χ1v) is 8.97. The number of methoxy groups -OCH3 is 1. The zero-order chi connectivity index (χ0) is 16.1. The standard InChI is InChI=1S/C19H28N2O2/c1-23-18-11-9-17(10-12-18)21(16-7-3-2-4-8-16)19(22)15-6-5-13-20-14-15/h9-12,15-16,20H,2-8,13-14H2,1H3/t15-/m0/s1. The second-order valence-electron chi connectivity index (χ2n) is 6.74. The number of carbonyl (C=O) groups is 1. The van der Waals surface area contributed by atoms with Gasteiger partial charge in [-0.05, 0) is 56.5 Å². The largest absolute Gasteiger partial charge is 0.497 e. The molecule has 23 heavy (non-hydrogen) atoms. The molecule has 1 heterocycles. The number of ether oxygens (including phenoxy) is 1. The number of carbonyl (C=O) groups excluding carboxylic acids is 1. The summed E-state index contributed by atoms with van der Waals surface area (Å²) in [6.07, 6.45) is 8.10. The molecule has 0 bridgehead atoms. The predicted octanol–water partition coefficient (Wildman–Crippen LogP) is 3.36. The third-order valence-electron chi connectivity index (χ3n) is 5.17. The topological polar surface area (TPSA) is 41.6 Å². The van der Waals surface area contributed by atoms with Gasteiger partial charge < -0.3 is 15.0 Å². The van der Waals surface area contributed by atoms with E-state index in [0.717, 1.165) is 50.2 Å². The number of benzene rings is 1. The molecule has 0 aromatic heterocycles. The molecule has 1 atom stereocenters. The number of rotatable bonds is 4. The Morgan fingerprint density at radius 2 is 1.83 bits per heavy atom. The minimum absolute atomic E-state index is 0.118. The van der Waals surface area contributed by atoms with E-state index in [9.17, 15) is 4.79 Å². The van der Waals surface area contributed by atoms with Crippen molar-refractivity contribution in [1.82, 2.24) is 5.32 Å². The number of hydrogen-bond donors (Lipinski definition) is 1. The highest BCUT2D eigenvalue weighted by molar-refractivity contribution is 5.96. The molecule has 1 aliphatic carbocycles. The Hall–Kier alpha value is -1.55. The molecule has 1 aliphatic heterocycles. The fraction of sp³-hybridized carbons (Fsp3) is 0.632. The SMILES string of the molecule is COc1ccc(N(C(=O)[C@H]2CCCNC2)C2CCCCC2)cc1. The van der Waals surface area contributed by atoms with E-state index in [2.05, 4.69) is 10.2 Å². The molecule has 0 unspecified atom stereocenters. The highest BCUT2D eigenvalue weighted by atomic mass is 16.5. The molecule has 4 nitrogen and oxygen atoms in total. The van der Waals surface area contributed by atoms with Crippen LogP contribution in [0.25, 0.3) is 0 Å². The number of amides is 1. The van der Waals surface area contributed by atoms with Crippen molar-refractivity contribution in [3.63, 3.8) is 0 Å². The van der Waals surface area contributed by atoms with E-state index in [0.29, 0.717) is 11.9 Å². The average molecular weight is 316 g/mol. The van der Waals surface area contributed by atoms with Gasteiger partial charge in [-0.1, -0.05) is 19.3 Å². The summed E-state index contributed by atoms with van der Waals surface area (Å²) in [5.74, 6) is 1.26. The van der Waals surface area contributed by atoms with Crippen LogP contribution in [0.15, 0.2) is 24.3 Å². The Morgan fingerprint density at radius 1 is 1.09 bits per heavy atom. The van der Waals surface area contributed by atoms with E-state index in [1.165, 1.54) is 19.3 Å². The minimum atomic E-state index is 0.118. The molecule has 1 aromatic rings. The molecule has 0 radical (unpaired) electrons. The van der Waals surface area contributed by atoms with Gasteiger partial charge in [-0.25, -0.2) is 0 Å². The first-order valence-electron chi connectivity index (χ1n) is 8.97. The van der Waals surface area contributed by atoms with Crippen LogP contribution in [0.2, 0.25) is 0 Å². The van der Waals surface area contributed by atoms with Gasteiger partial charge in [-0.15, -0.1) is 0 Å². The molecule has 2 fully saturated rings. The lowest BCUT2D eigenvalue weighted by atomic mass is 9.91. The molecule has 126 valence electrons. The van der Waals surface area contributed by atoms with Crippen LogP contribution >= 0.6 is 0 Å². The number of piperidine rings is 1. The van der Waals surface area contributed by atoms with Crippen molar-refractivity contribution in [3.8, 4) is 5.75 Å². The summed E-state index contributed by atoms with van der Waals surface area (Å²) in [7, 11) is 1.67. The molecular weight excluding hydrogens is 288 g/mol. The van der Waals surface area contributed by atoms with Crippen molar-refractivity contribution in [2.75, 3.05) is 25.1 Å². The van der Waals surface area contributed by atoms with E-state index in [1.807, 2.05) is 24.3 Å². The van der Waals surface area contributed by atoms with Gasteiger partial charge in [0.2, 0.25) is 5.91 Å². The molecule has 1 N–H and O–H groups in total. The minimum Gasteiger partial charge on any atom is -0.497 e. The van der Waals surface area contributed by atoms with Gasteiger partial charge in [0.25, 0.3) is 0 Å². The van der Waals surface area contributed by atoms with E-state index in [-0.39, 0.29) is 5.92 Å². The second kappa shape index (κ2) is 7.82. The quantitative estimate of drug-likeness (QED) is 0.926. The van der Waals surface area contributed by atoms with Crippen molar-refractivity contribution in [2.45, 2.75) is 51.0 Å². The first-order chi connectivity index (χ1) is 11.3. The van der Waals surface area contributed by atoms with Crippen LogP contribution in [-0.2, 0) is 4.79 Å². The van der Waals surface area contributed by atoms with Gasteiger partial charge in [-0.2, -0.15) is 0 Å². The summed E-state index contributed by atoms with van der Waals surface area (Å²) in [5.41, 5.74) is 1.02. The van der Waals surface area contributed by atoms with E-state index in [1.54, 1.807) is 7.11 Å². The molecule has 2 aliphatic rings. The van der Waals surface area contributed by atoms with Crippen molar-refractivity contribution in [2.24, 2.45) is 5.92 Å². The zero-order valence-electron chi connectivity index (χ0n) is 14.1. The Morgan fingerprint density at radius 3 is 2.43 bits per heavy atom. The van der Waals surface area contributed by atoms with Crippen LogP contribution in [-0.4, -0.2) is 32.1 Å². The Balaban J connectivity index is 1.83. The summed E-state index contributed by atoms with van der Waals surface area (Å²) < 4.78 is 5.26. The molecule has 1 aromatic carbocycles. The van der Waals surface area contributed by atoms with E-state index >= 15 is 0 Å². The predicted molar refractivity (Wildman–Crippen MR) is 92.9 cm³/mol. The third-order valence-corrected chi connectivity index (χ3v) is 5.17. The van der Waals surface area contributed by atoms with Gasteiger partial charge in [0.15, 0.2) is 0 Å². The summed E-state index contributed by atoms with van der Waals surface area (Å²) in [4.78, 5) is 15.3. The number of anilines is 1. The fourth-order valence-electron chi connectivity index (χ4n) is 3.86. The monoisotopic (exact) mass is 316 g/mol. The van der Waals surface area contributed by atoms with Crippen LogP contribution in [0.1, 0.15) is 44.9 Å². The van der Waals surface area contributed by atoms with E-state index in [4.69, 9.17) is 4.74 Å². The molecule has 1 saturated heterocycles. The Kier molecular flexibility index (Phi) is 5.55. The average Bonchev–Trinajstić information content (AvgIpc) is 2.64. The van der Waals surface area contributed by atoms with Gasteiger partial charge in [0.1, 0.15) is 5.75 Å². The van der Waals surface area contributed by atoms with Crippen molar-refractivity contribution in [3.05, 3.63) is 24.3 Å². The highest BCUT2D eigenvalue weighted by Crippen LogP contribution is 2.31. The third kappa shape index (κ3) is 3.86. The van der Waals surface area contributed by atoms with Gasteiger partial charge in [0, 0.05) is 18.3 Å². The normalized spacial score (nSPS) is 22.6. The van der Waals surface area contributed by atoms with Crippen LogP contribution in [0.4, 0.5) is 5.69 Å². The maximum absolute atomic E-state index is 13.2. The highest BCUT2D eigenvalue weighted by Gasteiger charge is 2.32. The number of nitrogens with one attached hydrogen (secondary N) is 1. The molecule has 0 spiro atoms. The van der Waals surface area contributed by atoms with Gasteiger partial charge in [0.05, 0.1) is 13.0 Å². The van der Waals surface area contributed by atoms with Gasteiger partial charge in [-0.3, -0.25) is 4.79 Å². The van der Waals surface area contributed by atoms with Gasteiger partial charge >= 0.3 is 0 Å². The van der Waals surface area contributed by atoms with Crippen LogP contribution in [0.5, 0.6) is 5.75 Å². The van der Waals surface area contributed by atoms with Crippen molar-refractivity contribution in [1.29, 1.82) is 0 Å². The van der Waals surface area contributed by atoms with Crippen LogP contribution < -0.4 is 15.0 Å². The van der Waals surface area contributed by atoms with Crippen LogP contribution in [0, 0.1) is 5.92 Å². The van der Waals surface area contributed by atoms with Crippen molar-refractivity contribution >= 4 is 11.6 Å². The lowest BCUT2D eigenvalue weighted by Gasteiger charge is -2.37. The first kappa shape index (κ1) is 16.3. The molecule has 1 saturated carbocycles. The summed E-state index contributed by atoms with van der Waals surface area (Å²) in [6.45, 7) is 1.86.